The van der Waals surface area contributed by atoms with E-state index in [9.17, 15) is 14.4 Å². The van der Waals surface area contributed by atoms with Gasteiger partial charge in [0.15, 0.2) is 0 Å². The molecular weight excluding hydrogens is 300 g/mol. The number of carbonyl (C=O) groups excluding carboxylic acids is 2. The van der Waals surface area contributed by atoms with Crippen LogP contribution in [0.15, 0.2) is 0 Å². The van der Waals surface area contributed by atoms with Crippen molar-refractivity contribution >= 4 is 17.8 Å². The summed E-state index contributed by atoms with van der Waals surface area (Å²) in [7, 11) is 0. The Kier molecular flexibility index (Phi) is 8.02. The molecule has 0 spiro atoms. The number of ether oxygens (including phenoxy) is 1. The first-order chi connectivity index (χ1) is 10.8. The third-order valence-electron chi connectivity index (χ3n) is 4.33. The van der Waals surface area contributed by atoms with Gasteiger partial charge in [-0.05, 0) is 25.7 Å². The van der Waals surface area contributed by atoms with E-state index in [1.807, 2.05) is 0 Å². The first-order valence-electron chi connectivity index (χ1n) is 8.21. The van der Waals surface area contributed by atoms with Crippen LogP contribution in [0.3, 0.4) is 0 Å². The normalized spacial score (nSPS) is 22.2. The molecular formula is C16H28N2O5. The summed E-state index contributed by atoms with van der Waals surface area (Å²) in [5.74, 6) is -1.23. The lowest BCUT2D eigenvalue weighted by atomic mass is 9.88. The lowest BCUT2D eigenvalue weighted by Crippen LogP contribution is -2.48. The van der Waals surface area contributed by atoms with Gasteiger partial charge in [0.2, 0.25) is 11.8 Å². The van der Waals surface area contributed by atoms with Gasteiger partial charge in [-0.2, -0.15) is 0 Å². The van der Waals surface area contributed by atoms with E-state index in [-0.39, 0.29) is 37.6 Å². The van der Waals surface area contributed by atoms with Gasteiger partial charge in [-0.15, -0.1) is 0 Å². The van der Waals surface area contributed by atoms with Crippen LogP contribution in [0.25, 0.3) is 0 Å². The van der Waals surface area contributed by atoms with E-state index in [1.165, 1.54) is 25.2 Å². The molecule has 0 aromatic rings. The quantitative estimate of drug-likeness (QED) is 0.693. The Bertz CT molecular complexity index is 427. The minimum absolute atomic E-state index is 0.0602. The van der Waals surface area contributed by atoms with Gasteiger partial charge in [0.05, 0.1) is 6.10 Å². The second-order valence-electron chi connectivity index (χ2n) is 6.20. The highest BCUT2D eigenvalue weighted by Gasteiger charge is 2.28. The molecule has 7 heteroatoms. The van der Waals surface area contributed by atoms with Gasteiger partial charge in [0.25, 0.3) is 0 Å². The fourth-order valence-electron chi connectivity index (χ4n) is 2.81. The van der Waals surface area contributed by atoms with Crippen LogP contribution < -0.4 is 5.32 Å². The van der Waals surface area contributed by atoms with Crippen LogP contribution in [0.2, 0.25) is 0 Å². The molecule has 1 saturated carbocycles. The van der Waals surface area contributed by atoms with E-state index >= 15 is 0 Å². The number of hydrogen-bond donors (Lipinski definition) is 2. The number of amides is 2. The SMILES string of the molecule is CC(=O)NCCN(C(=O)COC1CCCCC1C)C(C)C(=O)O. The van der Waals surface area contributed by atoms with Crippen molar-refractivity contribution in [2.75, 3.05) is 19.7 Å². The molecule has 0 aliphatic heterocycles. The molecule has 0 aromatic heterocycles. The van der Waals surface area contributed by atoms with Crippen molar-refractivity contribution in [3.05, 3.63) is 0 Å². The topological polar surface area (TPSA) is 95.9 Å². The van der Waals surface area contributed by atoms with Crippen molar-refractivity contribution in [1.82, 2.24) is 10.2 Å². The van der Waals surface area contributed by atoms with Crippen molar-refractivity contribution < 1.29 is 24.2 Å². The minimum atomic E-state index is -1.08. The van der Waals surface area contributed by atoms with E-state index in [1.54, 1.807) is 0 Å². The molecule has 2 amide bonds. The first kappa shape index (κ1) is 19.4. The van der Waals surface area contributed by atoms with E-state index in [2.05, 4.69) is 12.2 Å². The highest BCUT2D eigenvalue weighted by molar-refractivity contribution is 5.84. The van der Waals surface area contributed by atoms with E-state index in [4.69, 9.17) is 9.84 Å². The molecule has 1 aliphatic rings. The average molecular weight is 328 g/mol. The summed E-state index contributed by atoms with van der Waals surface area (Å²) in [4.78, 5) is 35.7. The summed E-state index contributed by atoms with van der Waals surface area (Å²) in [6.07, 6.45) is 4.38. The summed E-state index contributed by atoms with van der Waals surface area (Å²) in [5.41, 5.74) is 0. The van der Waals surface area contributed by atoms with E-state index in [0.717, 1.165) is 19.3 Å². The number of rotatable bonds is 8. The molecule has 23 heavy (non-hydrogen) atoms. The fourth-order valence-corrected chi connectivity index (χ4v) is 2.81. The number of carbonyl (C=O) groups is 3. The Hall–Kier alpha value is -1.63. The van der Waals surface area contributed by atoms with Gasteiger partial charge in [-0.1, -0.05) is 19.8 Å². The number of hydrogen-bond acceptors (Lipinski definition) is 4. The minimum Gasteiger partial charge on any atom is -0.480 e. The highest BCUT2D eigenvalue weighted by Crippen LogP contribution is 2.26. The van der Waals surface area contributed by atoms with Gasteiger partial charge < -0.3 is 20.1 Å². The first-order valence-corrected chi connectivity index (χ1v) is 8.21. The van der Waals surface area contributed by atoms with Crippen molar-refractivity contribution in [1.29, 1.82) is 0 Å². The molecule has 132 valence electrons. The summed E-state index contributed by atoms with van der Waals surface area (Å²) in [6, 6.07) is -0.955. The van der Waals surface area contributed by atoms with E-state index in [0.29, 0.717) is 5.92 Å². The average Bonchev–Trinajstić information content (AvgIpc) is 2.49. The molecule has 7 nitrogen and oxygen atoms in total. The van der Waals surface area contributed by atoms with E-state index < -0.39 is 12.0 Å². The monoisotopic (exact) mass is 328 g/mol. The van der Waals surface area contributed by atoms with Crippen LogP contribution in [0.5, 0.6) is 0 Å². The maximum atomic E-state index is 12.3. The molecule has 0 aromatic carbocycles. The predicted molar refractivity (Wildman–Crippen MR) is 84.9 cm³/mol. The molecule has 2 N–H and O–H groups in total. The Balaban J connectivity index is 2.55. The zero-order chi connectivity index (χ0) is 17.4. The molecule has 0 heterocycles. The van der Waals surface area contributed by atoms with Crippen LogP contribution >= 0.6 is 0 Å². The molecule has 0 bridgehead atoms. The summed E-state index contributed by atoms with van der Waals surface area (Å²) in [5, 5.41) is 11.7. The summed E-state index contributed by atoms with van der Waals surface area (Å²) < 4.78 is 5.72. The van der Waals surface area contributed by atoms with Crippen molar-refractivity contribution in [2.45, 2.75) is 58.6 Å². The van der Waals surface area contributed by atoms with Crippen LogP contribution in [0, 0.1) is 5.92 Å². The zero-order valence-electron chi connectivity index (χ0n) is 14.2. The van der Waals surface area contributed by atoms with Crippen LogP contribution in [-0.4, -0.2) is 59.6 Å². The van der Waals surface area contributed by atoms with Gasteiger partial charge in [-0.25, -0.2) is 4.79 Å². The maximum Gasteiger partial charge on any atom is 0.326 e. The third kappa shape index (κ3) is 6.56. The van der Waals surface area contributed by atoms with Crippen molar-refractivity contribution in [3.8, 4) is 0 Å². The highest BCUT2D eigenvalue weighted by atomic mass is 16.5. The number of nitrogens with zero attached hydrogens (tertiary/aromatic N) is 1. The maximum absolute atomic E-state index is 12.3. The van der Waals surface area contributed by atoms with Crippen LogP contribution in [0.4, 0.5) is 0 Å². The second-order valence-corrected chi connectivity index (χ2v) is 6.20. The number of carboxylic acid groups (broad SMARTS) is 1. The smallest absolute Gasteiger partial charge is 0.326 e. The molecule has 3 atom stereocenters. The van der Waals surface area contributed by atoms with Gasteiger partial charge in [0, 0.05) is 20.0 Å². The third-order valence-corrected chi connectivity index (χ3v) is 4.33. The Morgan fingerprint density at radius 3 is 2.52 bits per heavy atom. The molecule has 3 unspecified atom stereocenters. The molecule has 0 radical (unpaired) electrons. The lowest BCUT2D eigenvalue weighted by Gasteiger charge is -2.31. The predicted octanol–water partition coefficient (Wildman–Crippen LogP) is 1.02. The zero-order valence-corrected chi connectivity index (χ0v) is 14.2. The van der Waals surface area contributed by atoms with Gasteiger partial charge in [0.1, 0.15) is 12.6 Å². The van der Waals surface area contributed by atoms with Gasteiger partial charge >= 0.3 is 5.97 Å². The Morgan fingerprint density at radius 2 is 1.96 bits per heavy atom. The summed E-state index contributed by atoms with van der Waals surface area (Å²) >= 11 is 0. The molecule has 0 saturated heterocycles. The molecule has 1 rings (SSSR count). The molecule has 1 aliphatic carbocycles. The largest absolute Gasteiger partial charge is 0.480 e. The summed E-state index contributed by atoms with van der Waals surface area (Å²) in [6.45, 7) is 5.20. The van der Waals surface area contributed by atoms with Crippen LogP contribution in [0.1, 0.15) is 46.5 Å². The van der Waals surface area contributed by atoms with Gasteiger partial charge in [-0.3, -0.25) is 9.59 Å². The van der Waals surface area contributed by atoms with Crippen molar-refractivity contribution in [2.24, 2.45) is 5.92 Å². The fraction of sp³-hybridized carbons (Fsp3) is 0.812. The number of nitrogens with one attached hydrogen (secondary N) is 1. The molecule has 1 fully saturated rings. The Labute approximate surface area is 137 Å². The Morgan fingerprint density at radius 1 is 1.30 bits per heavy atom. The van der Waals surface area contributed by atoms with Crippen molar-refractivity contribution in [3.63, 3.8) is 0 Å². The standard InChI is InChI=1S/C16H28N2O5/c1-11-6-4-5-7-14(11)23-10-15(20)18(12(2)16(21)22)9-8-17-13(3)19/h11-12,14H,4-10H2,1-3H3,(H,17,19)(H,21,22). The van der Waals surface area contributed by atoms with Crippen LogP contribution in [-0.2, 0) is 19.1 Å². The number of aliphatic carboxylic acids is 1. The second kappa shape index (κ2) is 9.50. The lowest BCUT2D eigenvalue weighted by molar-refractivity contribution is -0.153. The number of carboxylic acids is 1.